The maximum atomic E-state index is 13.7. The Bertz CT molecular complexity index is 1170. The minimum absolute atomic E-state index is 0.0473. The lowest BCUT2D eigenvalue weighted by molar-refractivity contribution is 0.0989. The van der Waals surface area contributed by atoms with Crippen molar-refractivity contribution in [1.82, 2.24) is 9.55 Å². The molecule has 1 aliphatic heterocycles. The number of hydrogen-bond acceptors (Lipinski definition) is 3. The van der Waals surface area contributed by atoms with Crippen molar-refractivity contribution in [1.29, 1.82) is 5.26 Å². The molecule has 1 aliphatic rings. The Hall–Kier alpha value is -2.69. The molecular formula is C21H15BrClFN4O. The van der Waals surface area contributed by atoms with Crippen LogP contribution in [0.4, 0.5) is 10.1 Å². The van der Waals surface area contributed by atoms with Crippen molar-refractivity contribution >= 4 is 39.1 Å². The van der Waals surface area contributed by atoms with Gasteiger partial charge in [0.25, 0.3) is 5.91 Å². The van der Waals surface area contributed by atoms with E-state index in [-0.39, 0.29) is 17.0 Å². The molecule has 4 rings (SSSR count). The molecule has 0 saturated carbocycles. The van der Waals surface area contributed by atoms with Crippen molar-refractivity contribution in [3.8, 4) is 6.07 Å². The molecule has 0 aliphatic carbocycles. The molecule has 29 heavy (non-hydrogen) atoms. The summed E-state index contributed by atoms with van der Waals surface area (Å²) in [6, 6.07) is 12.9. The van der Waals surface area contributed by atoms with Crippen LogP contribution >= 0.6 is 27.5 Å². The second-order valence-electron chi connectivity index (χ2n) is 6.99. The van der Waals surface area contributed by atoms with Gasteiger partial charge in [-0.15, -0.1) is 0 Å². The first-order chi connectivity index (χ1) is 13.8. The van der Waals surface area contributed by atoms with E-state index in [1.54, 1.807) is 17.0 Å². The number of nitrogens with zero attached hydrogens (tertiary/aromatic N) is 4. The number of nitriles is 1. The van der Waals surface area contributed by atoms with Crippen LogP contribution in [0.1, 0.15) is 53.2 Å². The first kappa shape index (κ1) is 19.6. The lowest BCUT2D eigenvalue weighted by atomic mass is 10.0. The zero-order valence-electron chi connectivity index (χ0n) is 15.5. The summed E-state index contributed by atoms with van der Waals surface area (Å²) in [6.45, 7) is 4.01. The summed E-state index contributed by atoms with van der Waals surface area (Å²) in [6.07, 6.45) is 0. The van der Waals surface area contributed by atoms with Gasteiger partial charge in [-0.2, -0.15) is 5.26 Å². The molecular weight excluding hydrogens is 459 g/mol. The smallest absolute Gasteiger partial charge is 0.279 e. The Kier molecular flexibility index (Phi) is 4.93. The van der Waals surface area contributed by atoms with Crippen molar-refractivity contribution in [2.24, 2.45) is 0 Å². The lowest BCUT2D eigenvalue weighted by Gasteiger charge is -2.28. The molecule has 1 atom stereocenters. The van der Waals surface area contributed by atoms with Crippen LogP contribution < -0.4 is 4.90 Å². The number of aromatic nitrogens is 2. The summed E-state index contributed by atoms with van der Waals surface area (Å²) >= 11 is 9.45. The van der Waals surface area contributed by atoms with Gasteiger partial charge in [-0.05, 0) is 65.7 Å². The second-order valence-corrected chi connectivity index (χ2v) is 8.10. The number of imidazole rings is 1. The van der Waals surface area contributed by atoms with Gasteiger partial charge in [0.1, 0.15) is 11.9 Å². The normalized spacial score (nSPS) is 15.7. The van der Waals surface area contributed by atoms with Crippen molar-refractivity contribution in [3.05, 3.63) is 80.6 Å². The zero-order valence-corrected chi connectivity index (χ0v) is 17.9. The van der Waals surface area contributed by atoms with Crippen LogP contribution in [-0.2, 0) is 0 Å². The molecule has 1 aromatic heterocycles. The topological polar surface area (TPSA) is 61.9 Å². The van der Waals surface area contributed by atoms with Crippen LogP contribution in [0.5, 0.6) is 0 Å². The second kappa shape index (κ2) is 7.29. The Balaban J connectivity index is 1.95. The van der Waals surface area contributed by atoms with Gasteiger partial charge in [0.05, 0.1) is 22.3 Å². The fourth-order valence-corrected chi connectivity index (χ4v) is 4.58. The van der Waals surface area contributed by atoms with E-state index in [2.05, 4.69) is 27.0 Å². The molecule has 0 spiro atoms. The lowest BCUT2D eigenvalue weighted by Crippen LogP contribution is -2.30. The van der Waals surface area contributed by atoms with Crippen molar-refractivity contribution in [3.63, 3.8) is 0 Å². The van der Waals surface area contributed by atoms with Crippen LogP contribution in [0.15, 0.2) is 47.2 Å². The summed E-state index contributed by atoms with van der Waals surface area (Å²) in [5.41, 5.74) is 2.88. The van der Waals surface area contributed by atoms with Gasteiger partial charge in [0.2, 0.25) is 0 Å². The van der Waals surface area contributed by atoms with Gasteiger partial charge in [-0.1, -0.05) is 23.7 Å². The average Bonchev–Trinajstić information content (AvgIpc) is 3.17. The minimum Gasteiger partial charge on any atom is -0.317 e. The summed E-state index contributed by atoms with van der Waals surface area (Å²) < 4.78 is 16.3. The summed E-state index contributed by atoms with van der Waals surface area (Å²) in [5, 5.41) is 9.05. The van der Waals surface area contributed by atoms with Crippen LogP contribution in [0, 0.1) is 17.1 Å². The van der Waals surface area contributed by atoms with E-state index in [1.807, 2.05) is 30.5 Å². The third-order valence-electron chi connectivity index (χ3n) is 4.90. The number of fused-ring (bicyclic) bond motifs is 1. The third kappa shape index (κ3) is 3.13. The van der Waals surface area contributed by atoms with Gasteiger partial charge >= 0.3 is 0 Å². The molecule has 5 nitrogen and oxygen atoms in total. The molecule has 8 heteroatoms. The highest BCUT2D eigenvalue weighted by Gasteiger charge is 2.44. The van der Waals surface area contributed by atoms with Crippen LogP contribution in [0.2, 0.25) is 5.02 Å². The highest BCUT2D eigenvalue weighted by molar-refractivity contribution is 9.10. The Morgan fingerprint density at radius 3 is 2.52 bits per heavy atom. The Morgan fingerprint density at radius 1 is 1.24 bits per heavy atom. The largest absolute Gasteiger partial charge is 0.317 e. The fourth-order valence-electron chi connectivity index (χ4n) is 3.63. The number of halogens is 3. The SMILES string of the molecule is CC(C)n1c(Br)nc2c1C(c1ccc(C#N)cc1)N(c1ccc(F)c(Cl)c1)C2=O. The molecule has 3 aromatic rings. The van der Waals surface area contributed by atoms with Crippen molar-refractivity contribution < 1.29 is 9.18 Å². The quantitative estimate of drug-likeness (QED) is 0.494. The number of hydrogen-bond donors (Lipinski definition) is 0. The van der Waals surface area contributed by atoms with E-state index in [0.717, 1.165) is 11.3 Å². The number of benzene rings is 2. The van der Waals surface area contributed by atoms with Gasteiger partial charge in [0, 0.05) is 11.7 Å². The summed E-state index contributed by atoms with van der Waals surface area (Å²) in [4.78, 5) is 19.3. The molecule has 0 saturated heterocycles. The van der Waals surface area contributed by atoms with Crippen LogP contribution in [0.25, 0.3) is 0 Å². The van der Waals surface area contributed by atoms with Crippen molar-refractivity contribution in [2.45, 2.75) is 25.9 Å². The Morgan fingerprint density at radius 2 is 1.93 bits per heavy atom. The third-order valence-corrected chi connectivity index (χ3v) is 5.75. The molecule has 1 unspecified atom stereocenters. The van der Waals surface area contributed by atoms with E-state index in [0.29, 0.717) is 21.7 Å². The highest BCUT2D eigenvalue weighted by Crippen LogP contribution is 2.44. The maximum absolute atomic E-state index is 13.7. The fraction of sp³-hybridized carbons (Fsp3) is 0.190. The zero-order chi connectivity index (χ0) is 20.9. The standard InChI is InChI=1S/C21H15BrClFN4O/c1-11(2)27-19-17(26-21(27)22)20(29)28(14-7-8-16(24)15(23)9-14)18(19)13-5-3-12(10-25)4-6-13/h3-9,11,18H,1-2H3. The van der Waals surface area contributed by atoms with E-state index in [9.17, 15) is 9.18 Å². The molecule has 0 N–H and O–H groups in total. The van der Waals surface area contributed by atoms with Gasteiger partial charge < -0.3 is 4.57 Å². The molecule has 2 heterocycles. The van der Waals surface area contributed by atoms with Gasteiger partial charge in [-0.3, -0.25) is 9.69 Å². The first-order valence-electron chi connectivity index (χ1n) is 8.89. The maximum Gasteiger partial charge on any atom is 0.279 e. The molecule has 0 fully saturated rings. The monoisotopic (exact) mass is 472 g/mol. The molecule has 2 aromatic carbocycles. The van der Waals surface area contributed by atoms with E-state index in [1.165, 1.54) is 18.2 Å². The van der Waals surface area contributed by atoms with Gasteiger partial charge in [0.15, 0.2) is 10.4 Å². The van der Waals surface area contributed by atoms with E-state index in [4.69, 9.17) is 16.9 Å². The number of anilines is 1. The van der Waals surface area contributed by atoms with Crippen LogP contribution in [0.3, 0.4) is 0 Å². The highest BCUT2D eigenvalue weighted by atomic mass is 79.9. The number of carbonyl (C=O) groups excluding carboxylic acids is 1. The van der Waals surface area contributed by atoms with Crippen LogP contribution in [-0.4, -0.2) is 15.5 Å². The minimum atomic E-state index is -0.554. The molecule has 146 valence electrons. The number of amides is 1. The number of rotatable bonds is 3. The van der Waals surface area contributed by atoms with E-state index < -0.39 is 11.9 Å². The first-order valence-corrected chi connectivity index (χ1v) is 10.1. The van der Waals surface area contributed by atoms with Gasteiger partial charge in [-0.25, -0.2) is 9.37 Å². The summed E-state index contributed by atoms with van der Waals surface area (Å²) in [7, 11) is 0. The van der Waals surface area contributed by atoms with E-state index >= 15 is 0 Å². The molecule has 0 radical (unpaired) electrons. The predicted octanol–water partition coefficient (Wildman–Crippen LogP) is 5.64. The predicted molar refractivity (Wildman–Crippen MR) is 112 cm³/mol. The molecule has 0 bridgehead atoms. The summed E-state index contributed by atoms with van der Waals surface area (Å²) in [5.74, 6) is -0.848. The number of carbonyl (C=O) groups is 1. The van der Waals surface area contributed by atoms with Crippen molar-refractivity contribution in [2.75, 3.05) is 4.90 Å². The Labute approximate surface area is 180 Å². The molecule has 1 amide bonds. The average molecular weight is 474 g/mol.